The minimum atomic E-state index is -1.01. The number of rotatable bonds is 4. The minimum absolute atomic E-state index is 0.0723. The normalized spacial score (nSPS) is 9.87. The number of nitro benzene ring substituents is 1. The maximum absolute atomic E-state index is 10.4. The highest BCUT2D eigenvalue weighted by molar-refractivity contribution is 5.67. The van der Waals surface area contributed by atoms with Gasteiger partial charge >= 0.3 is 11.7 Å². The van der Waals surface area contributed by atoms with Crippen LogP contribution in [0.2, 0.25) is 0 Å². The molecule has 0 amide bonds. The molecule has 15 heavy (non-hydrogen) atoms. The van der Waals surface area contributed by atoms with Gasteiger partial charge in [-0.3, -0.25) is 14.9 Å². The van der Waals surface area contributed by atoms with Gasteiger partial charge in [0.2, 0.25) is 0 Å². The third-order valence-corrected chi connectivity index (χ3v) is 1.90. The van der Waals surface area contributed by atoms with Crippen LogP contribution in [0.1, 0.15) is 12.0 Å². The van der Waals surface area contributed by atoms with Crippen molar-refractivity contribution in [1.29, 1.82) is 0 Å². The lowest BCUT2D eigenvalue weighted by atomic mass is 10.1. The topological polar surface area (TPSA) is 101 Å². The molecule has 0 fully saturated rings. The predicted molar refractivity (Wildman–Crippen MR) is 50.7 cm³/mol. The van der Waals surface area contributed by atoms with Gasteiger partial charge in [0.15, 0.2) is 5.75 Å². The van der Waals surface area contributed by atoms with E-state index in [-0.39, 0.29) is 18.4 Å². The Labute approximate surface area is 84.9 Å². The summed E-state index contributed by atoms with van der Waals surface area (Å²) in [6.45, 7) is 0. The van der Waals surface area contributed by atoms with Gasteiger partial charge < -0.3 is 10.2 Å². The summed E-state index contributed by atoms with van der Waals surface area (Å²) in [4.78, 5) is 20.0. The number of phenolic OH excluding ortho intramolecular Hbond substituents is 1. The molecule has 80 valence electrons. The quantitative estimate of drug-likeness (QED) is 0.577. The maximum atomic E-state index is 10.4. The van der Waals surface area contributed by atoms with Crippen LogP contribution < -0.4 is 0 Å². The second kappa shape index (κ2) is 4.41. The first-order chi connectivity index (χ1) is 7.02. The average Bonchev–Trinajstić information content (AvgIpc) is 2.15. The van der Waals surface area contributed by atoms with E-state index >= 15 is 0 Å². The second-order valence-corrected chi connectivity index (χ2v) is 2.94. The summed E-state index contributed by atoms with van der Waals surface area (Å²) in [5.41, 5.74) is -0.135. The van der Waals surface area contributed by atoms with Crippen molar-refractivity contribution in [3.05, 3.63) is 33.9 Å². The molecule has 1 rings (SSSR count). The van der Waals surface area contributed by atoms with Gasteiger partial charge in [-0.2, -0.15) is 0 Å². The van der Waals surface area contributed by atoms with E-state index in [1.54, 1.807) is 0 Å². The summed E-state index contributed by atoms with van der Waals surface area (Å²) in [5.74, 6) is -1.47. The van der Waals surface area contributed by atoms with Crippen LogP contribution in [0.4, 0.5) is 5.69 Å². The van der Waals surface area contributed by atoms with Gasteiger partial charge in [0.25, 0.3) is 0 Å². The van der Waals surface area contributed by atoms with E-state index < -0.39 is 22.3 Å². The third kappa shape index (κ3) is 2.67. The summed E-state index contributed by atoms with van der Waals surface area (Å²) >= 11 is 0. The van der Waals surface area contributed by atoms with E-state index in [9.17, 15) is 20.0 Å². The van der Waals surface area contributed by atoms with Crippen molar-refractivity contribution in [2.24, 2.45) is 0 Å². The van der Waals surface area contributed by atoms with Crippen molar-refractivity contribution >= 4 is 11.7 Å². The monoisotopic (exact) mass is 211 g/mol. The molecule has 0 saturated heterocycles. The van der Waals surface area contributed by atoms with Crippen LogP contribution in [-0.4, -0.2) is 21.1 Å². The highest BCUT2D eigenvalue weighted by Gasteiger charge is 2.16. The molecule has 0 saturated carbocycles. The number of nitrogens with zero attached hydrogens (tertiary/aromatic N) is 1. The number of hydrogen-bond donors (Lipinski definition) is 2. The number of para-hydroxylation sites is 1. The molecular weight excluding hydrogens is 202 g/mol. The molecule has 0 aliphatic rings. The van der Waals surface area contributed by atoms with E-state index in [0.717, 1.165) is 0 Å². The third-order valence-electron chi connectivity index (χ3n) is 1.90. The van der Waals surface area contributed by atoms with E-state index in [0.29, 0.717) is 0 Å². The summed E-state index contributed by atoms with van der Waals surface area (Å²) in [6.07, 6.45) is -0.0996. The van der Waals surface area contributed by atoms with E-state index in [1.165, 1.54) is 18.2 Å². The Morgan fingerprint density at radius 2 is 2.13 bits per heavy atom. The first-order valence-corrected chi connectivity index (χ1v) is 4.19. The van der Waals surface area contributed by atoms with Crippen LogP contribution >= 0.6 is 0 Å². The molecule has 0 spiro atoms. The molecular formula is C9H9NO5. The lowest BCUT2D eigenvalue weighted by Crippen LogP contribution is -1.98. The Morgan fingerprint density at radius 3 is 2.67 bits per heavy atom. The van der Waals surface area contributed by atoms with Gasteiger partial charge in [0, 0.05) is 18.1 Å². The number of benzene rings is 1. The summed E-state index contributed by atoms with van der Waals surface area (Å²) in [7, 11) is 0. The molecule has 0 aromatic heterocycles. The average molecular weight is 211 g/mol. The summed E-state index contributed by atoms with van der Waals surface area (Å²) in [5, 5.41) is 28.3. The molecule has 0 radical (unpaired) electrons. The first-order valence-electron chi connectivity index (χ1n) is 4.19. The molecule has 6 nitrogen and oxygen atoms in total. The standard InChI is InChI=1S/C9H9NO5/c11-8(12)5-4-6-2-1-3-7(9(6)13)10(14)15/h1-3,13H,4-5H2,(H,11,12). The zero-order valence-electron chi connectivity index (χ0n) is 7.71. The fourth-order valence-electron chi connectivity index (χ4n) is 1.17. The molecule has 1 aromatic carbocycles. The largest absolute Gasteiger partial charge is 0.502 e. The second-order valence-electron chi connectivity index (χ2n) is 2.94. The number of carboxylic acids is 1. The van der Waals surface area contributed by atoms with Crippen LogP contribution in [-0.2, 0) is 11.2 Å². The number of nitro groups is 1. The van der Waals surface area contributed by atoms with Crippen molar-refractivity contribution in [2.75, 3.05) is 0 Å². The molecule has 0 unspecified atom stereocenters. The Balaban J connectivity index is 2.94. The van der Waals surface area contributed by atoms with Gasteiger partial charge in [-0.05, 0) is 6.42 Å². The Morgan fingerprint density at radius 1 is 1.47 bits per heavy atom. The zero-order chi connectivity index (χ0) is 11.4. The molecule has 0 aliphatic carbocycles. The van der Waals surface area contributed by atoms with Crippen molar-refractivity contribution in [2.45, 2.75) is 12.8 Å². The fourth-order valence-corrected chi connectivity index (χ4v) is 1.17. The van der Waals surface area contributed by atoms with Crippen LogP contribution in [0, 0.1) is 10.1 Å². The SMILES string of the molecule is O=C(O)CCc1cccc([N+](=O)[O-])c1O. The van der Waals surface area contributed by atoms with E-state index in [2.05, 4.69) is 0 Å². The van der Waals surface area contributed by atoms with Gasteiger partial charge in [-0.1, -0.05) is 12.1 Å². The molecule has 0 atom stereocenters. The Kier molecular flexibility index (Phi) is 3.22. The lowest BCUT2D eigenvalue weighted by Gasteiger charge is -2.02. The number of aromatic hydroxyl groups is 1. The molecule has 2 N–H and O–H groups in total. The molecule has 0 heterocycles. The van der Waals surface area contributed by atoms with Crippen molar-refractivity contribution < 1.29 is 19.9 Å². The van der Waals surface area contributed by atoms with E-state index in [1.807, 2.05) is 0 Å². The van der Waals surface area contributed by atoms with Crippen LogP contribution in [0.25, 0.3) is 0 Å². The highest BCUT2D eigenvalue weighted by atomic mass is 16.6. The van der Waals surface area contributed by atoms with Crippen LogP contribution in [0.3, 0.4) is 0 Å². The predicted octanol–water partition coefficient (Wildman–Crippen LogP) is 1.32. The smallest absolute Gasteiger partial charge is 0.310 e. The number of carbonyl (C=O) groups is 1. The molecule has 1 aromatic rings. The Hall–Kier alpha value is -2.11. The summed E-state index contributed by atoms with van der Waals surface area (Å²) < 4.78 is 0. The molecule has 0 bridgehead atoms. The van der Waals surface area contributed by atoms with Crippen molar-refractivity contribution in [3.8, 4) is 5.75 Å². The number of phenols is 1. The maximum Gasteiger partial charge on any atom is 0.310 e. The van der Waals surface area contributed by atoms with Gasteiger partial charge in [0.1, 0.15) is 0 Å². The fraction of sp³-hybridized carbons (Fsp3) is 0.222. The number of aliphatic carboxylic acids is 1. The zero-order valence-corrected chi connectivity index (χ0v) is 7.71. The highest BCUT2D eigenvalue weighted by Crippen LogP contribution is 2.29. The Bertz CT molecular complexity index is 401. The van der Waals surface area contributed by atoms with Crippen molar-refractivity contribution in [1.82, 2.24) is 0 Å². The number of carboxylic acid groups (broad SMARTS) is 1. The van der Waals surface area contributed by atoms with Gasteiger partial charge in [-0.25, -0.2) is 0 Å². The van der Waals surface area contributed by atoms with Crippen molar-refractivity contribution in [3.63, 3.8) is 0 Å². The molecule has 0 aliphatic heterocycles. The van der Waals surface area contributed by atoms with Gasteiger partial charge in [0.05, 0.1) is 4.92 Å². The van der Waals surface area contributed by atoms with Gasteiger partial charge in [-0.15, -0.1) is 0 Å². The summed E-state index contributed by atoms with van der Waals surface area (Å²) in [6, 6.07) is 4.04. The first kappa shape index (κ1) is 11.0. The van der Waals surface area contributed by atoms with E-state index in [4.69, 9.17) is 5.11 Å². The van der Waals surface area contributed by atoms with Crippen LogP contribution in [0.5, 0.6) is 5.75 Å². The lowest BCUT2D eigenvalue weighted by molar-refractivity contribution is -0.385. The molecule has 6 heteroatoms. The number of hydrogen-bond acceptors (Lipinski definition) is 4. The number of aryl methyl sites for hydroxylation is 1. The minimum Gasteiger partial charge on any atom is -0.502 e. The van der Waals surface area contributed by atoms with Crippen LogP contribution in [0.15, 0.2) is 18.2 Å².